The summed E-state index contributed by atoms with van der Waals surface area (Å²) in [5.74, 6) is 2.89. The van der Waals surface area contributed by atoms with Crippen LogP contribution in [-0.2, 0) is 11.6 Å². The van der Waals surface area contributed by atoms with Crippen molar-refractivity contribution in [2.75, 3.05) is 0 Å². The number of thiol groups is 1. The number of pyridine rings is 1. The monoisotopic (exact) mass is 381 g/mol. The van der Waals surface area contributed by atoms with Gasteiger partial charge in [-0.05, 0) is 42.5 Å². The van der Waals surface area contributed by atoms with E-state index in [-0.39, 0.29) is 16.8 Å². The molecule has 0 aliphatic heterocycles. The molecule has 2 N–H and O–H groups in total. The number of hydrogen-bond donors (Lipinski definition) is 2. The molecular formula is C20H13F2N3OS. The molecule has 1 heterocycles. The Hall–Kier alpha value is -3.37. The van der Waals surface area contributed by atoms with Crippen LogP contribution in [0.2, 0.25) is 0 Å². The van der Waals surface area contributed by atoms with Gasteiger partial charge in [-0.2, -0.15) is 0 Å². The van der Waals surface area contributed by atoms with E-state index >= 15 is 0 Å². The van der Waals surface area contributed by atoms with Gasteiger partial charge in [0.25, 0.3) is 0 Å². The first-order valence-electron chi connectivity index (χ1n) is 7.76. The minimum absolute atomic E-state index is 0.00268. The maximum absolute atomic E-state index is 14.6. The fraction of sp³-hybridized carbons (Fsp3) is 0. The predicted molar refractivity (Wildman–Crippen MR) is 101 cm³/mol. The highest BCUT2D eigenvalue weighted by atomic mass is 32.1. The Morgan fingerprint density at radius 1 is 1.11 bits per heavy atom. The highest BCUT2D eigenvalue weighted by Gasteiger charge is 2.11. The smallest absolute Gasteiger partial charge is 0.248 e. The lowest BCUT2D eigenvalue weighted by Gasteiger charge is -2.01. The first-order valence-corrected chi connectivity index (χ1v) is 8.61. The number of amides is 1. The Morgan fingerprint density at radius 3 is 2.70 bits per heavy atom. The number of aromatic nitrogens is 1. The van der Waals surface area contributed by atoms with Gasteiger partial charge in [0.1, 0.15) is 11.5 Å². The van der Waals surface area contributed by atoms with Crippen molar-refractivity contribution in [3.05, 3.63) is 89.2 Å². The van der Waals surface area contributed by atoms with Crippen molar-refractivity contribution in [2.45, 2.75) is 4.90 Å². The average Bonchev–Trinajstić information content (AvgIpc) is 2.68. The van der Waals surface area contributed by atoms with Crippen molar-refractivity contribution >= 4 is 23.2 Å². The van der Waals surface area contributed by atoms with Crippen molar-refractivity contribution < 1.29 is 13.6 Å². The topological polar surface area (TPSA) is 68.3 Å². The summed E-state index contributed by atoms with van der Waals surface area (Å²) in [6.07, 6.45) is 3.23. The van der Waals surface area contributed by atoms with E-state index in [4.69, 9.17) is 5.73 Å². The number of carbonyl (C=O) groups excluding carboxylic acids is 1. The van der Waals surface area contributed by atoms with Crippen molar-refractivity contribution in [1.29, 1.82) is 0 Å². The second-order valence-electron chi connectivity index (χ2n) is 5.36. The summed E-state index contributed by atoms with van der Waals surface area (Å²) in [7, 11) is 0. The van der Waals surface area contributed by atoms with E-state index in [1.165, 1.54) is 18.2 Å². The third kappa shape index (κ3) is 4.63. The molecule has 0 aliphatic carbocycles. The largest absolute Gasteiger partial charge is 0.366 e. The van der Waals surface area contributed by atoms with Gasteiger partial charge in [0.05, 0.1) is 5.56 Å². The Morgan fingerprint density at radius 2 is 1.96 bits per heavy atom. The molecule has 1 amide bonds. The van der Waals surface area contributed by atoms with Gasteiger partial charge < -0.3 is 5.73 Å². The quantitative estimate of drug-likeness (QED) is 0.538. The summed E-state index contributed by atoms with van der Waals surface area (Å²) in [5, 5.41) is 0. The Bertz CT molecular complexity index is 1090. The number of nitrogens with two attached hydrogens (primary N) is 1. The number of hydrogen-bond acceptors (Lipinski definition) is 3. The fourth-order valence-electron chi connectivity index (χ4n) is 2.14. The Balaban J connectivity index is 1.94. The second-order valence-corrected chi connectivity index (χ2v) is 6.28. The van der Waals surface area contributed by atoms with E-state index in [1.807, 2.05) is 0 Å². The fourth-order valence-corrected chi connectivity index (χ4v) is 2.79. The molecule has 0 atom stereocenters. The van der Waals surface area contributed by atoms with Crippen LogP contribution in [-0.4, -0.2) is 10.9 Å². The molecule has 0 saturated heterocycles. The third-order valence-electron chi connectivity index (χ3n) is 3.47. The van der Waals surface area contributed by atoms with Crippen LogP contribution in [0.3, 0.4) is 0 Å². The van der Waals surface area contributed by atoms with Crippen LogP contribution in [0, 0.1) is 23.5 Å². The van der Waals surface area contributed by atoms with E-state index in [0.717, 1.165) is 11.0 Å². The first kappa shape index (κ1) is 18.4. The molecule has 27 heavy (non-hydrogen) atoms. The van der Waals surface area contributed by atoms with E-state index in [2.05, 4.69) is 21.2 Å². The molecule has 0 aliphatic rings. The summed E-state index contributed by atoms with van der Waals surface area (Å²) >= 11 is 0.482. The number of nitrogens with zero attached hydrogens (tertiary/aromatic N) is 2. The molecule has 3 aromatic rings. The summed E-state index contributed by atoms with van der Waals surface area (Å²) in [6, 6.07) is 12.1. The molecule has 0 fully saturated rings. The van der Waals surface area contributed by atoms with Crippen molar-refractivity contribution in [3.63, 3.8) is 0 Å². The lowest BCUT2D eigenvalue weighted by Crippen LogP contribution is -2.10. The molecule has 0 unspecified atom stereocenters. The maximum Gasteiger partial charge on any atom is 0.248 e. The zero-order chi connectivity index (χ0) is 19.2. The van der Waals surface area contributed by atoms with Gasteiger partial charge in [-0.15, -0.1) is 0 Å². The lowest BCUT2D eigenvalue weighted by molar-refractivity contribution is 0.1000. The van der Waals surface area contributed by atoms with Crippen LogP contribution in [0.4, 0.5) is 14.5 Å². The van der Waals surface area contributed by atoms with Gasteiger partial charge in [0.2, 0.25) is 5.91 Å². The number of benzene rings is 2. The van der Waals surface area contributed by atoms with Crippen LogP contribution in [0.5, 0.6) is 0 Å². The summed E-state index contributed by atoms with van der Waals surface area (Å²) in [6.45, 7) is 0. The molecule has 0 spiro atoms. The average molecular weight is 381 g/mol. The Kier molecular flexibility index (Phi) is 5.69. The second kappa shape index (κ2) is 8.34. The minimum Gasteiger partial charge on any atom is -0.366 e. The number of rotatable bonds is 3. The normalized spacial score (nSPS) is 10.7. The van der Waals surface area contributed by atoms with Crippen LogP contribution in [0.1, 0.15) is 21.5 Å². The van der Waals surface area contributed by atoms with Gasteiger partial charge in [-0.1, -0.05) is 29.5 Å². The highest BCUT2D eigenvalue weighted by molar-refractivity contribution is 7.68. The SMILES string of the molecule is NC(=O)c1cccc(C#Cc2c(F)ccc(/N=[SH]/c3cccnc3)c2F)c1. The van der Waals surface area contributed by atoms with Gasteiger partial charge in [0, 0.05) is 28.4 Å². The molecule has 2 aromatic carbocycles. The van der Waals surface area contributed by atoms with E-state index < -0.39 is 17.5 Å². The van der Waals surface area contributed by atoms with E-state index in [9.17, 15) is 13.6 Å². The summed E-state index contributed by atoms with van der Waals surface area (Å²) in [4.78, 5) is 15.9. The van der Waals surface area contributed by atoms with Crippen molar-refractivity contribution in [2.24, 2.45) is 10.1 Å². The number of primary amides is 1. The Labute approximate surface area is 158 Å². The van der Waals surface area contributed by atoms with Crippen LogP contribution < -0.4 is 5.73 Å². The molecule has 1 aromatic heterocycles. The minimum atomic E-state index is -0.843. The lowest BCUT2D eigenvalue weighted by atomic mass is 10.1. The van der Waals surface area contributed by atoms with Gasteiger partial charge in [-0.3, -0.25) is 9.78 Å². The van der Waals surface area contributed by atoms with Gasteiger partial charge in [-0.25, -0.2) is 13.1 Å². The standard InChI is InChI=1S/C20H13F2N3OS/c21-17-8-9-18(25-27-15-5-2-10-24-12-15)19(22)16(17)7-6-13-3-1-4-14(11-13)20(23)26/h1-5,8-12,27H,(H2,23,26). The molecule has 3 rings (SSSR count). The molecule has 134 valence electrons. The zero-order valence-electron chi connectivity index (χ0n) is 13.9. The first-order chi connectivity index (χ1) is 13.0. The molecular weight excluding hydrogens is 368 g/mol. The molecule has 0 radical (unpaired) electrons. The van der Waals surface area contributed by atoms with E-state index in [1.54, 1.807) is 36.7 Å². The predicted octanol–water partition coefficient (Wildman–Crippen LogP) is 3.55. The van der Waals surface area contributed by atoms with Gasteiger partial charge in [0.15, 0.2) is 5.82 Å². The van der Waals surface area contributed by atoms with Crippen LogP contribution in [0.15, 0.2) is 70.2 Å². The van der Waals surface area contributed by atoms with Crippen LogP contribution >= 0.6 is 0 Å². The molecule has 0 bridgehead atoms. The van der Waals surface area contributed by atoms with Crippen LogP contribution in [0.25, 0.3) is 0 Å². The third-order valence-corrected chi connectivity index (χ3v) is 4.28. The van der Waals surface area contributed by atoms with Gasteiger partial charge >= 0.3 is 0 Å². The molecule has 7 heteroatoms. The molecule has 4 nitrogen and oxygen atoms in total. The van der Waals surface area contributed by atoms with E-state index in [0.29, 0.717) is 17.1 Å². The van der Waals surface area contributed by atoms with Crippen molar-refractivity contribution in [3.8, 4) is 11.8 Å². The zero-order valence-corrected chi connectivity index (χ0v) is 14.8. The summed E-state index contributed by atoms with van der Waals surface area (Å²) < 4.78 is 32.8. The van der Waals surface area contributed by atoms with Crippen molar-refractivity contribution in [1.82, 2.24) is 4.98 Å². The summed E-state index contributed by atoms with van der Waals surface area (Å²) in [5.41, 5.74) is 5.51. The highest BCUT2D eigenvalue weighted by Crippen LogP contribution is 2.23. The maximum atomic E-state index is 14.6. The number of halogens is 2. The molecule has 0 saturated carbocycles. The number of carbonyl (C=O) groups is 1.